The smallest absolute Gasteiger partial charge is 0.328 e. The number of amides is 2. The zero-order valence-corrected chi connectivity index (χ0v) is 32.8. The molecule has 0 rings (SSSR count). The number of aliphatic carboxylic acids is 1. The van der Waals surface area contributed by atoms with E-state index < -0.39 is 24.5 Å². The summed E-state index contributed by atoms with van der Waals surface area (Å²) in [6.45, 7) is 3.29. The predicted octanol–water partition coefficient (Wildman–Crippen LogP) is 9.59. The molecule has 52 heavy (non-hydrogen) atoms. The number of carbonyl (C=O) groups excluding carboxylic acids is 3. The molecule has 0 aromatic rings. The fourth-order valence-electron chi connectivity index (χ4n) is 5.70. The molecule has 0 aliphatic carbocycles. The van der Waals surface area contributed by atoms with Crippen molar-refractivity contribution in [2.75, 3.05) is 13.2 Å². The quantitative estimate of drug-likeness (QED) is 0.0286. The predicted molar refractivity (Wildman–Crippen MR) is 213 cm³/mol. The van der Waals surface area contributed by atoms with Gasteiger partial charge < -0.3 is 25.6 Å². The van der Waals surface area contributed by atoms with Gasteiger partial charge in [0.15, 0.2) is 0 Å². The lowest BCUT2D eigenvalue weighted by atomic mass is 10.0. The number of carboxylic acids is 1. The minimum Gasteiger partial charge on any atom is -0.480 e. The van der Waals surface area contributed by atoms with Crippen LogP contribution in [0.4, 0.5) is 0 Å². The van der Waals surface area contributed by atoms with Crippen molar-refractivity contribution in [3.05, 3.63) is 48.6 Å². The van der Waals surface area contributed by atoms with Crippen molar-refractivity contribution in [2.24, 2.45) is 0 Å². The lowest BCUT2D eigenvalue weighted by molar-refractivity contribution is -0.150. The standard InChI is InChI=1S/C43H74N2O7/c1-3-5-7-9-10-11-12-13-14-15-16-17-18-19-20-21-22-23-24-25-31-35-42(49)52-38(32-28-8-6-4-2)33-29-26-27-30-34-40(47)44-36-41(48)45-39(37-46)43(50)51/h5,7,10-11,13-14,16-17,38-39,46H,3-4,6,8-9,12,15,18-37H2,1-2H3,(H,44,47)(H,45,48)(H,50,51)/b7-5-,11-10-,14-13-,17-16-. The molecule has 0 saturated heterocycles. The number of unbranched alkanes of at least 4 members (excludes halogenated alkanes) is 14. The van der Waals surface area contributed by atoms with Crippen molar-refractivity contribution in [3.63, 3.8) is 0 Å². The van der Waals surface area contributed by atoms with Gasteiger partial charge in [-0.1, -0.05) is 133 Å². The SMILES string of the molecule is CC/C=C\C/C=C\C/C=C\C/C=C\CCCCCCCCCCC(=O)OC(CCCCCC)CCCCCCC(=O)NCC(=O)NC(CO)C(=O)O. The number of hydrogen-bond acceptors (Lipinski definition) is 6. The number of rotatable bonds is 36. The minimum atomic E-state index is -1.39. The van der Waals surface area contributed by atoms with E-state index in [-0.39, 0.29) is 30.9 Å². The van der Waals surface area contributed by atoms with Crippen LogP contribution in [-0.4, -0.2) is 59.3 Å². The van der Waals surface area contributed by atoms with Gasteiger partial charge in [-0.3, -0.25) is 14.4 Å². The molecule has 0 radical (unpaired) electrons. The number of hydrogen-bond donors (Lipinski definition) is 4. The van der Waals surface area contributed by atoms with E-state index in [1.165, 1.54) is 51.4 Å². The number of esters is 1. The van der Waals surface area contributed by atoms with E-state index in [1.54, 1.807) is 0 Å². The van der Waals surface area contributed by atoms with Gasteiger partial charge in [-0.25, -0.2) is 4.79 Å². The van der Waals surface area contributed by atoms with Crippen molar-refractivity contribution in [3.8, 4) is 0 Å². The highest BCUT2D eigenvalue weighted by molar-refractivity contribution is 5.87. The van der Waals surface area contributed by atoms with Crippen LogP contribution in [0.15, 0.2) is 48.6 Å². The number of carbonyl (C=O) groups is 4. The summed E-state index contributed by atoms with van der Waals surface area (Å²) in [4.78, 5) is 47.3. The lowest BCUT2D eigenvalue weighted by Crippen LogP contribution is -2.47. The van der Waals surface area contributed by atoms with Crippen LogP contribution in [0.25, 0.3) is 0 Å². The van der Waals surface area contributed by atoms with Gasteiger partial charge in [0.05, 0.1) is 13.2 Å². The second-order valence-corrected chi connectivity index (χ2v) is 13.7. The Bertz CT molecular complexity index is 1020. The number of aliphatic hydroxyl groups excluding tert-OH is 1. The molecule has 2 unspecified atom stereocenters. The molecule has 0 aliphatic heterocycles. The highest BCUT2D eigenvalue weighted by Crippen LogP contribution is 2.18. The van der Waals surface area contributed by atoms with Gasteiger partial charge in [-0.2, -0.15) is 0 Å². The molecule has 0 spiro atoms. The maximum absolute atomic E-state index is 12.6. The van der Waals surface area contributed by atoms with Crippen molar-refractivity contribution >= 4 is 23.8 Å². The van der Waals surface area contributed by atoms with E-state index in [1.807, 2.05) is 0 Å². The summed E-state index contributed by atoms with van der Waals surface area (Å²) >= 11 is 0. The fourth-order valence-corrected chi connectivity index (χ4v) is 5.70. The highest BCUT2D eigenvalue weighted by atomic mass is 16.5. The molecular formula is C43H74N2O7. The van der Waals surface area contributed by atoms with Crippen LogP contribution in [0, 0.1) is 0 Å². The van der Waals surface area contributed by atoms with Crippen LogP contribution in [0.5, 0.6) is 0 Å². The van der Waals surface area contributed by atoms with Crippen LogP contribution in [0.3, 0.4) is 0 Å². The average Bonchev–Trinajstić information content (AvgIpc) is 3.13. The van der Waals surface area contributed by atoms with Crippen molar-refractivity contribution in [1.29, 1.82) is 0 Å². The molecule has 0 aromatic carbocycles. The molecule has 9 nitrogen and oxygen atoms in total. The second-order valence-electron chi connectivity index (χ2n) is 13.7. The molecule has 9 heteroatoms. The topological polar surface area (TPSA) is 142 Å². The zero-order chi connectivity index (χ0) is 38.3. The molecule has 0 saturated carbocycles. The zero-order valence-electron chi connectivity index (χ0n) is 32.8. The van der Waals surface area contributed by atoms with Crippen molar-refractivity contribution in [2.45, 2.75) is 187 Å². The third kappa shape index (κ3) is 33.9. The van der Waals surface area contributed by atoms with E-state index in [9.17, 15) is 19.2 Å². The van der Waals surface area contributed by atoms with Crippen molar-refractivity contribution < 1.29 is 34.1 Å². The number of aliphatic hydroxyl groups is 1. The summed E-state index contributed by atoms with van der Waals surface area (Å²) in [7, 11) is 0. The highest BCUT2D eigenvalue weighted by Gasteiger charge is 2.19. The maximum Gasteiger partial charge on any atom is 0.328 e. The summed E-state index contributed by atoms with van der Waals surface area (Å²) in [5, 5.41) is 22.5. The van der Waals surface area contributed by atoms with Crippen LogP contribution in [-0.2, 0) is 23.9 Å². The maximum atomic E-state index is 12.6. The Morgan fingerprint density at radius 3 is 1.65 bits per heavy atom. The summed E-state index contributed by atoms with van der Waals surface area (Å²) in [5.41, 5.74) is 0. The Hall–Kier alpha value is -3.20. The van der Waals surface area contributed by atoms with Gasteiger partial charge in [-0.15, -0.1) is 0 Å². The van der Waals surface area contributed by atoms with E-state index in [0.717, 1.165) is 89.9 Å². The van der Waals surface area contributed by atoms with Gasteiger partial charge in [-0.05, 0) is 77.0 Å². The van der Waals surface area contributed by atoms with E-state index in [2.05, 4.69) is 73.1 Å². The Morgan fingerprint density at radius 1 is 0.596 bits per heavy atom. The Labute approximate surface area is 316 Å². The average molecular weight is 731 g/mol. The van der Waals surface area contributed by atoms with E-state index >= 15 is 0 Å². The molecule has 0 aromatic heterocycles. The molecule has 2 atom stereocenters. The lowest BCUT2D eigenvalue weighted by Gasteiger charge is -2.18. The first-order valence-electron chi connectivity index (χ1n) is 20.5. The molecule has 298 valence electrons. The number of nitrogens with one attached hydrogen (secondary N) is 2. The molecule has 0 fully saturated rings. The first-order chi connectivity index (χ1) is 25.3. The number of ether oxygens (including phenoxy) is 1. The first kappa shape index (κ1) is 48.8. The van der Waals surface area contributed by atoms with Crippen LogP contribution >= 0.6 is 0 Å². The molecule has 0 heterocycles. The van der Waals surface area contributed by atoms with Crippen LogP contribution in [0.1, 0.15) is 174 Å². The van der Waals surface area contributed by atoms with Crippen LogP contribution < -0.4 is 10.6 Å². The van der Waals surface area contributed by atoms with Crippen LogP contribution in [0.2, 0.25) is 0 Å². The minimum absolute atomic E-state index is 0.0450. The largest absolute Gasteiger partial charge is 0.480 e. The normalized spacial score (nSPS) is 13.0. The summed E-state index contributed by atoms with van der Waals surface area (Å²) in [5.74, 6) is -2.35. The molecule has 0 aliphatic rings. The fraction of sp³-hybridized carbons (Fsp3) is 0.721. The van der Waals surface area contributed by atoms with Gasteiger partial charge in [0, 0.05) is 12.8 Å². The van der Waals surface area contributed by atoms with E-state index in [0.29, 0.717) is 12.8 Å². The summed E-state index contributed by atoms with van der Waals surface area (Å²) in [6, 6.07) is -1.39. The Kier molecular flexibility index (Phi) is 35.2. The van der Waals surface area contributed by atoms with E-state index in [4.69, 9.17) is 14.9 Å². The summed E-state index contributed by atoms with van der Waals surface area (Å²) < 4.78 is 5.92. The third-order valence-electron chi connectivity index (χ3n) is 8.84. The number of allylic oxidation sites excluding steroid dienone is 8. The first-order valence-corrected chi connectivity index (χ1v) is 20.5. The Morgan fingerprint density at radius 2 is 1.10 bits per heavy atom. The molecule has 4 N–H and O–H groups in total. The number of carboxylic acid groups (broad SMARTS) is 1. The van der Waals surface area contributed by atoms with Gasteiger partial charge in [0.1, 0.15) is 12.1 Å². The molecule has 0 bridgehead atoms. The Balaban J connectivity index is 3.98. The van der Waals surface area contributed by atoms with Gasteiger partial charge >= 0.3 is 11.9 Å². The third-order valence-corrected chi connectivity index (χ3v) is 8.84. The summed E-state index contributed by atoms with van der Waals surface area (Å²) in [6.07, 6.45) is 43.1. The molecular weight excluding hydrogens is 656 g/mol. The van der Waals surface area contributed by atoms with Crippen molar-refractivity contribution in [1.82, 2.24) is 10.6 Å². The van der Waals surface area contributed by atoms with Gasteiger partial charge in [0.25, 0.3) is 0 Å². The second kappa shape index (κ2) is 37.6. The van der Waals surface area contributed by atoms with Gasteiger partial charge in [0.2, 0.25) is 11.8 Å². The molecule has 2 amide bonds. The monoisotopic (exact) mass is 731 g/mol.